The molecular formula is C23H48N2O2. The van der Waals surface area contributed by atoms with E-state index in [1.807, 2.05) is 0 Å². The average Bonchev–Trinajstić information content (AvgIpc) is 2.64. The molecule has 0 unspecified atom stereocenters. The highest BCUT2D eigenvalue weighted by Crippen LogP contribution is 2.27. The number of nitrogens with one attached hydrogen (secondary N) is 1. The van der Waals surface area contributed by atoms with Crippen molar-refractivity contribution in [2.24, 2.45) is 10.8 Å². The Kier molecular flexibility index (Phi) is 12.1. The monoisotopic (exact) mass is 384 g/mol. The maximum atomic E-state index is 5.95. The molecule has 0 aromatic rings. The molecule has 27 heavy (non-hydrogen) atoms. The van der Waals surface area contributed by atoms with Gasteiger partial charge in [-0.15, -0.1) is 0 Å². The molecule has 4 nitrogen and oxygen atoms in total. The lowest BCUT2D eigenvalue weighted by molar-refractivity contribution is -0.0359. The summed E-state index contributed by atoms with van der Waals surface area (Å²) in [5.74, 6) is 0. The summed E-state index contributed by atoms with van der Waals surface area (Å²) in [5.41, 5.74) is 0.877. The van der Waals surface area contributed by atoms with E-state index in [0.717, 1.165) is 52.5 Å². The van der Waals surface area contributed by atoms with Crippen molar-refractivity contribution < 1.29 is 9.47 Å². The third-order valence-corrected chi connectivity index (χ3v) is 6.47. The smallest absolute Gasteiger partial charge is 0.0826 e. The van der Waals surface area contributed by atoms with Gasteiger partial charge in [-0.25, -0.2) is 0 Å². The van der Waals surface area contributed by atoms with Crippen LogP contribution in [-0.4, -0.2) is 63.5 Å². The predicted octanol–water partition coefficient (Wildman–Crippen LogP) is 4.73. The molecule has 1 rings (SSSR count). The molecule has 0 aromatic carbocycles. The Morgan fingerprint density at radius 2 is 1.81 bits per heavy atom. The van der Waals surface area contributed by atoms with Crippen LogP contribution in [0.15, 0.2) is 0 Å². The van der Waals surface area contributed by atoms with E-state index < -0.39 is 0 Å². The quantitative estimate of drug-likeness (QED) is 0.414. The summed E-state index contributed by atoms with van der Waals surface area (Å²) >= 11 is 0. The number of nitrogens with zero attached hydrogens (tertiary/aromatic N) is 1. The molecule has 0 amide bonds. The standard InChI is InChI=1S/C23H48N2O2/c1-7-11-22(4,5)12-10-15-26-16-13-25-14-17-27-21(19-25)18-24-20-23(6,8-2)9-3/h21,24H,7-20H2,1-6H3/t21-/m0/s1. The largest absolute Gasteiger partial charge is 0.380 e. The number of morpholine rings is 1. The molecule has 0 aromatic heterocycles. The number of ether oxygens (including phenoxy) is 2. The minimum absolute atomic E-state index is 0.312. The van der Waals surface area contributed by atoms with E-state index in [1.165, 1.54) is 38.5 Å². The lowest BCUT2D eigenvalue weighted by Crippen LogP contribution is -2.48. The van der Waals surface area contributed by atoms with Crippen molar-refractivity contribution in [1.82, 2.24) is 10.2 Å². The molecule has 1 atom stereocenters. The van der Waals surface area contributed by atoms with Gasteiger partial charge in [-0.1, -0.05) is 48.0 Å². The van der Waals surface area contributed by atoms with Crippen LogP contribution < -0.4 is 5.32 Å². The van der Waals surface area contributed by atoms with Gasteiger partial charge >= 0.3 is 0 Å². The first-order valence-electron chi connectivity index (χ1n) is 11.5. The summed E-state index contributed by atoms with van der Waals surface area (Å²) in [5, 5.41) is 3.64. The highest BCUT2D eigenvalue weighted by molar-refractivity contribution is 4.78. The minimum atomic E-state index is 0.312. The molecule has 1 N–H and O–H groups in total. The molecule has 1 saturated heterocycles. The van der Waals surface area contributed by atoms with Crippen LogP contribution in [0.3, 0.4) is 0 Å². The molecule has 1 aliphatic rings. The van der Waals surface area contributed by atoms with E-state index in [2.05, 4.69) is 51.8 Å². The lowest BCUT2D eigenvalue weighted by Gasteiger charge is -2.34. The van der Waals surface area contributed by atoms with Crippen molar-refractivity contribution in [1.29, 1.82) is 0 Å². The van der Waals surface area contributed by atoms with Crippen LogP contribution in [0.25, 0.3) is 0 Å². The van der Waals surface area contributed by atoms with Crippen LogP contribution in [0.4, 0.5) is 0 Å². The Balaban J connectivity index is 2.11. The van der Waals surface area contributed by atoms with E-state index in [1.54, 1.807) is 0 Å². The zero-order valence-electron chi connectivity index (χ0n) is 19.2. The second-order valence-electron chi connectivity index (χ2n) is 9.57. The third-order valence-electron chi connectivity index (χ3n) is 6.47. The normalized spacial score (nSPS) is 19.6. The summed E-state index contributed by atoms with van der Waals surface area (Å²) in [6.07, 6.45) is 7.79. The van der Waals surface area contributed by atoms with Crippen LogP contribution in [0.2, 0.25) is 0 Å². The van der Waals surface area contributed by atoms with Gasteiger partial charge in [-0.2, -0.15) is 0 Å². The van der Waals surface area contributed by atoms with E-state index in [-0.39, 0.29) is 0 Å². The fourth-order valence-corrected chi connectivity index (χ4v) is 3.89. The lowest BCUT2D eigenvalue weighted by atomic mass is 9.83. The van der Waals surface area contributed by atoms with E-state index in [0.29, 0.717) is 16.9 Å². The Morgan fingerprint density at radius 3 is 2.48 bits per heavy atom. The molecule has 0 radical (unpaired) electrons. The van der Waals surface area contributed by atoms with Gasteiger partial charge in [-0.3, -0.25) is 4.90 Å². The SMILES string of the molecule is CCCC(C)(C)CCCOCCN1CCO[C@@H](CNCC(C)(CC)CC)C1. The van der Waals surface area contributed by atoms with Crippen LogP contribution in [0.1, 0.15) is 80.1 Å². The second-order valence-corrected chi connectivity index (χ2v) is 9.57. The predicted molar refractivity (Wildman–Crippen MR) is 116 cm³/mol. The summed E-state index contributed by atoms with van der Waals surface area (Å²) in [6, 6.07) is 0. The van der Waals surface area contributed by atoms with Gasteiger partial charge in [0.05, 0.1) is 19.3 Å². The molecule has 0 bridgehead atoms. The van der Waals surface area contributed by atoms with Crippen molar-refractivity contribution in [3.05, 3.63) is 0 Å². The fraction of sp³-hybridized carbons (Fsp3) is 1.00. The van der Waals surface area contributed by atoms with Gasteiger partial charge in [0.15, 0.2) is 0 Å². The first kappa shape index (κ1) is 24.9. The second kappa shape index (κ2) is 13.1. The molecule has 0 aliphatic carbocycles. The molecule has 1 heterocycles. The first-order valence-corrected chi connectivity index (χ1v) is 11.5. The summed E-state index contributed by atoms with van der Waals surface area (Å²) in [7, 11) is 0. The van der Waals surface area contributed by atoms with Crippen LogP contribution >= 0.6 is 0 Å². The number of hydrogen-bond donors (Lipinski definition) is 1. The molecule has 162 valence electrons. The van der Waals surface area contributed by atoms with Gasteiger partial charge in [-0.05, 0) is 42.9 Å². The van der Waals surface area contributed by atoms with Crippen molar-refractivity contribution in [3.8, 4) is 0 Å². The Bertz CT molecular complexity index is 369. The summed E-state index contributed by atoms with van der Waals surface area (Å²) < 4.78 is 11.9. The highest BCUT2D eigenvalue weighted by Gasteiger charge is 2.23. The Morgan fingerprint density at radius 1 is 1.07 bits per heavy atom. The highest BCUT2D eigenvalue weighted by atomic mass is 16.5. The topological polar surface area (TPSA) is 33.7 Å². The van der Waals surface area contributed by atoms with E-state index in [4.69, 9.17) is 9.47 Å². The van der Waals surface area contributed by atoms with Crippen LogP contribution in [-0.2, 0) is 9.47 Å². The third kappa shape index (κ3) is 10.8. The van der Waals surface area contributed by atoms with Crippen LogP contribution in [0.5, 0.6) is 0 Å². The van der Waals surface area contributed by atoms with Gasteiger partial charge < -0.3 is 14.8 Å². The average molecular weight is 385 g/mol. The molecule has 1 fully saturated rings. The fourth-order valence-electron chi connectivity index (χ4n) is 3.89. The molecular weight excluding hydrogens is 336 g/mol. The zero-order chi connectivity index (χ0) is 20.2. The van der Waals surface area contributed by atoms with Crippen molar-refractivity contribution >= 4 is 0 Å². The minimum Gasteiger partial charge on any atom is -0.380 e. The summed E-state index contributed by atoms with van der Waals surface area (Å²) in [4.78, 5) is 2.50. The Hall–Kier alpha value is -0.160. The van der Waals surface area contributed by atoms with Gasteiger partial charge in [0.25, 0.3) is 0 Å². The Labute approximate surface area is 169 Å². The van der Waals surface area contributed by atoms with Gasteiger partial charge in [0, 0.05) is 39.3 Å². The van der Waals surface area contributed by atoms with Crippen LogP contribution in [0, 0.1) is 10.8 Å². The van der Waals surface area contributed by atoms with Gasteiger partial charge in [0.1, 0.15) is 0 Å². The molecule has 0 saturated carbocycles. The number of rotatable bonds is 15. The zero-order valence-corrected chi connectivity index (χ0v) is 19.2. The maximum Gasteiger partial charge on any atom is 0.0826 e. The molecule has 1 aliphatic heterocycles. The van der Waals surface area contributed by atoms with Gasteiger partial charge in [0.2, 0.25) is 0 Å². The van der Waals surface area contributed by atoms with Crippen molar-refractivity contribution in [2.45, 2.75) is 86.2 Å². The first-order chi connectivity index (χ1) is 12.8. The molecule has 4 heteroatoms. The van der Waals surface area contributed by atoms with E-state index >= 15 is 0 Å². The summed E-state index contributed by atoms with van der Waals surface area (Å²) in [6.45, 7) is 21.7. The number of hydrogen-bond acceptors (Lipinski definition) is 4. The van der Waals surface area contributed by atoms with Crippen molar-refractivity contribution in [2.75, 3.05) is 52.5 Å². The molecule has 0 spiro atoms. The van der Waals surface area contributed by atoms with Crippen molar-refractivity contribution in [3.63, 3.8) is 0 Å². The van der Waals surface area contributed by atoms with E-state index in [9.17, 15) is 0 Å². The maximum absolute atomic E-state index is 5.95.